The highest BCUT2D eigenvalue weighted by molar-refractivity contribution is 5.86. The Labute approximate surface area is 97.8 Å². The molecule has 16 heavy (non-hydrogen) atoms. The Kier molecular flexibility index (Phi) is 4.33. The van der Waals surface area contributed by atoms with Gasteiger partial charge in [-0.3, -0.25) is 4.79 Å². The summed E-state index contributed by atoms with van der Waals surface area (Å²) in [5, 5.41) is 16.0. The summed E-state index contributed by atoms with van der Waals surface area (Å²) in [6.45, 7) is 6.91. The molecule has 1 aliphatic rings. The van der Waals surface area contributed by atoms with E-state index >= 15 is 0 Å². The number of hydrogen-bond donors (Lipinski definition) is 3. The van der Waals surface area contributed by atoms with Crippen LogP contribution < -0.4 is 10.6 Å². The van der Waals surface area contributed by atoms with Crippen LogP contribution >= 0.6 is 0 Å². The molecule has 4 heteroatoms. The van der Waals surface area contributed by atoms with Crippen molar-refractivity contribution in [2.75, 3.05) is 13.1 Å². The van der Waals surface area contributed by atoms with Gasteiger partial charge in [-0.15, -0.1) is 0 Å². The van der Waals surface area contributed by atoms with E-state index in [-0.39, 0.29) is 5.91 Å². The number of carbonyl (C=O) groups excluding carboxylic acids is 1. The minimum atomic E-state index is -0.802. The molecule has 1 heterocycles. The minimum absolute atomic E-state index is 0.0289. The van der Waals surface area contributed by atoms with Gasteiger partial charge in [-0.1, -0.05) is 13.8 Å². The summed E-state index contributed by atoms with van der Waals surface area (Å²) in [5.74, 6) is 0.0289. The van der Waals surface area contributed by atoms with Gasteiger partial charge >= 0.3 is 0 Å². The van der Waals surface area contributed by atoms with E-state index in [2.05, 4.69) is 10.6 Å². The highest BCUT2D eigenvalue weighted by Crippen LogP contribution is 2.23. The van der Waals surface area contributed by atoms with Crippen LogP contribution in [0.3, 0.4) is 0 Å². The van der Waals surface area contributed by atoms with Gasteiger partial charge in [0, 0.05) is 6.54 Å². The summed E-state index contributed by atoms with van der Waals surface area (Å²) in [7, 11) is 0. The van der Waals surface area contributed by atoms with Crippen molar-refractivity contribution >= 4 is 5.91 Å². The van der Waals surface area contributed by atoms with Crippen molar-refractivity contribution in [3.8, 4) is 0 Å². The number of carbonyl (C=O) groups is 1. The van der Waals surface area contributed by atoms with Crippen LogP contribution in [0.15, 0.2) is 0 Å². The fourth-order valence-electron chi connectivity index (χ4n) is 2.03. The number of rotatable bonds is 5. The van der Waals surface area contributed by atoms with Gasteiger partial charge < -0.3 is 15.7 Å². The SMILES string of the molecule is CCC(C)(O)CNC(=O)C1(CC)CCCN1. The minimum Gasteiger partial charge on any atom is -0.388 e. The maximum Gasteiger partial charge on any atom is 0.240 e. The van der Waals surface area contributed by atoms with Gasteiger partial charge in [-0.25, -0.2) is 0 Å². The molecule has 4 nitrogen and oxygen atoms in total. The van der Waals surface area contributed by atoms with E-state index < -0.39 is 11.1 Å². The van der Waals surface area contributed by atoms with Crippen molar-refractivity contribution in [2.24, 2.45) is 0 Å². The van der Waals surface area contributed by atoms with Crippen LogP contribution in [-0.2, 0) is 4.79 Å². The van der Waals surface area contributed by atoms with E-state index in [0.29, 0.717) is 13.0 Å². The molecule has 0 radical (unpaired) electrons. The monoisotopic (exact) mass is 228 g/mol. The largest absolute Gasteiger partial charge is 0.388 e. The molecule has 3 N–H and O–H groups in total. The summed E-state index contributed by atoms with van der Waals surface area (Å²) < 4.78 is 0. The fourth-order valence-corrected chi connectivity index (χ4v) is 2.03. The second kappa shape index (κ2) is 5.15. The van der Waals surface area contributed by atoms with Crippen molar-refractivity contribution in [1.29, 1.82) is 0 Å². The Bertz CT molecular complexity index is 245. The van der Waals surface area contributed by atoms with Gasteiger partial charge in [-0.05, 0) is 39.2 Å². The Hall–Kier alpha value is -0.610. The first-order chi connectivity index (χ1) is 7.46. The molecular formula is C12H24N2O2. The molecule has 0 spiro atoms. The Morgan fingerprint density at radius 3 is 2.69 bits per heavy atom. The van der Waals surface area contributed by atoms with Crippen LogP contribution in [0.1, 0.15) is 46.5 Å². The second-order valence-corrected chi connectivity index (χ2v) is 5.00. The van der Waals surface area contributed by atoms with Gasteiger partial charge in [0.25, 0.3) is 0 Å². The Balaban J connectivity index is 2.51. The highest BCUT2D eigenvalue weighted by atomic mass is 16.3. The molecule has 1 amide bonds. The lowest BCUT2D eigenvalue weighted by molar-refractivity contribution is -0.128. The molecule has 1 fully saturated rings. The molecule has 2 atom stereocenters. The number of nitrogens with one attached hydrogen (secondary N) is 2. The highest BCUT2D eigenvalue weighted by Gasteiger charge is 2.39. The van der Waals surface area contributed by atoms with Crippen molar-refractivity contribution in [1.82, 2.24) is 10.6 Å². The Morgan fingerprint density at radius 2 is 2.25 bits per heavy atom. The smallest absolute Gasteiger partial charge is 0.240 e. The molecule has 0 bridgehead atoms. The molecule has 1 saturated heterocycles. The van der Waals surface area contributed by atoms with Crippen LogP contribution in [0, 0.1) is 0 Å². The van der Waals surface area contributed by atoms with Crippen LogP contribution in [0.25, 0.3) is 0 Å². The lowest BCUT2D eigenvalue weighted by Gasteiger charge is -2.29. The quantitative estimate of drug-likeness (QED) is 0.652. The van der Waals surface area contributed by atoms with E-state index in [1.165, 1.54) is 0 Å². The van der Waals surface area contributed by atoms with Crippen molar-refractivity contribution < 1.29 is 9.90 Å². The third-order valence-corrected chi connectivity index (χ3v) is 3.67. The summed E-state index contributed by atoms with van der Waals surface area (Å²) in [5.41, 5.74) is -1.20. The van der Waals surface area contributed by atoms with Crippen LogP contribution in [0.4, 0.5) is 0 Å². The summed E-state index contributed by atoms with van der Waals surface area (Å²) in [6.07, 6.45) is 3.38. The first-order valence-electron chi connectivity index (χ1n) is 6.21. The molecule has 1 rings (SSSR count). The third kappa shape index (κ3) is 2.95. The van der Waals surface area contributed by atoms with E-state index in [1.54, 1.807) is 6.92 Å². The zero-order valence-electron chi connectivity index (χ0n) is 10.6. The van der Waals surface area contributed by atoms with Gasteiger partial charge in [-0.2, -0.15) is 0 Å². The zero-order valence-corrected chi connectivity index (χ0v) is 10.6. The molecule has 0 aromatic carbocycles. The van der Waals surface area contributed by atoms with Crippen molar-refractivity contribution in [2.45, 2.75) is 57.6 Å². The van der Waals surface area contributed by atoms with E-state index in [1.807, 2.05) is 13.8 Å². The first-order valence-corrected chi connectivity index (χ1v) is 6.21. The predicted molar refractivity (Wildman–Crippen MR) is 64.2 cm³/mol. The molecule has 2 unspecified atom stereocenters. The molecule has 0 saturated carbocycles. The van der Waals surface area contributed by atoms with Gasteiger partial charge in [0.1, 0.15) is 0 Å². The zero-order chi connectivity index (χ0) is 12.2. The van der Waals surface area contributed by atoms with Gasteiger partial charge in [0.2, 0.25) is 5.91 Å². The van der Waals surface area contributed by atoms with Crippen LogP contribution in [0.5, 0.6) is 0 Å². The molecule has 94 valence electrons. The summed E-state index contributed by atoms with van der Waals surface area (Å²) in [4.78, 5) is 12.1. The van der Waals surface area contributed by atoms with Crippen LogP contribution in [-0.4, -0.2) is 35.2 Å². The average molecular weight is 228 g/mol. The molecular weight excluding hydrogens is 204 g/mol. The topological polar surface area (TPSA) is 61.4 Å². The lowest BCUT2D eigenvalue weighted by Crippen LogP contribution is -2.55. The van der Waals surface area contributed by atoms with E-state index in [9.17, 15) is 9.90 Å². The van der Waals surface area contributed by atoms with Crippen molar-refractivity contribution in [3.63, 3.8) is 0 Å². The van der Waals surface area contributed by atoms with E-state index in [0.717, 1.165) is 25.8 Å². The predicted octanol–water partition coefficient (Wildman–Crippen LogP) is 0.796. The molecule has 0 aromatic rings. The molecule has 1 aliphatic heterocycles. The second-order valence-electron chi connectivity index (χ2n) is 5.00. The summed E-state index contributed by atoms with van der Waals surface area (Å²) in [6, 6.07) is 0. The number of hydrogen-bond acceptors (Lipinski definition) is 3. The summed E-state index contributed by atoms with van der Waals surface area (Å²) >= 11 is 0. The molecule has 0 aromatic heterocycles. The maximum atomic E-state index is 12.1. The average Bonchev–Trinajstić information content (AvgIpc) is 2.76. The molecule has 0 aliphatic carbocycles. The maximum absolute atomic E-state index is 12.1. The Morgan fingerprint density at radius 1 is 1.56 bits per heavy atom. The standard InChI is InChI=1S/C12H24N2O2/c1-4-11(3,16)9-13-10(15)12(5-2)7-6-8-14-12/h14,16H,4-9H2,1-3H3,(H,13,15). The fraction of sp³-hybridized carbons (Fsp3) is 0.917. The van der Waals surface area contributed by atoms with E-state index in [4.69, 9.17) is 0 Å². The van der Waals surface area contributed by atoms with Crippen molar-refractivity contribution in [3.05, 3.63) is 0 Å². The first kappa shape index (κ1) is 13.5. The number of amides is 1. The van der Waals surface area contributed by atoms with Gasteiger partial charge in [0.05, 0.1) is 11.1 Å². The number of aliphatic hydroxyl groups is 1. The lowest BCUT2D eigenvalue weighted by atomic mass is 9.92. The third-order valence-electron chi connectivity index (χ3n) is 3.67. The van der Waals surface area contributed by atoms with Gasteiger partial charge in [0.15, 0.2) is 0 Å². The normalized spacial score (nSPS) is 28.8. The van der Waals surface area contributed by atoms with Crippen LogP contribution in [0.2, 0.25) is 0 Å².